The quantitative estimate of drug-likeness (QED) is 0.841. The van der Waals surface area contributed by atoms with Gasteiger partial charge >= 0.3 is 0 Å². The summed E-state index contributed by atoms with van der Waals surface area (Å²) in [5.41, 5.74) is 8.18. The average Bonchev–Trinajstić information content (AvgIpc) is 2.47. The fraction of sp³-hybridized carbons (Fsp3) is 0.125. The van der Waals surface area contributed by atoms with Gasteiger partial charge in [0.05, 0.1) is 17.8 Å². The number of nitrogen functional groups attached to an aromatic ring is 1. The van der Waals surface area contributed by atoms with E-state index in [2.05, 4.69) is 11.4 Å². The van der Waals surface area contributed by atoms with E-state index in [9.17, 15) is 4.79 Å². The highest BCUT2D eigenvalue weighted by atomic mass is 16.2. The predicted molar refractivity (Wildman–Crippen MR) is 83.9 cm³/mol. The van der Waals surface area contributed by atoms with Crippen molar-refractivity contribution < 1.29 is 4.79 Å². The lowest BCUT2D eigenvalue weighted by Crippen LogP contribution is -2.30. The fourth-order valence-electron chi connectivity index (χ4n) is 2.02. The first-order chi connectivity index (χ1) is 10.1. The van der Waals surface area contributed by atoms with Crippen LogP contribution in [-0.4, -0.2) is 19.5 Å². The summed E-state index contributed by atoms with van der Waals surface area (Å²) in [4.78, 5) is 13.8. The second kappa shape index (κ2) is 6.44. The van der Waals surface area contributed by atoms with E-state index in [0.29, 0.717) is 16.9 Å². The van der Waals surface area contributed by atoms with Gasteiger partial charge in [0.15, 0.2) is 0 Å². The molecule has 0 radical (unpaired) electrons. The number of nitriles is 1. The normalized spacial score (nSPS) is 9.71. The van der Waals surface area contributed by atoms with Crippen LogP contribution >= 0.6 is 0 Å². The Morgan fingerprint density at radius 1 is 1.29 bits per heavy atom. The van der Waals surface area contributed by atoms with Gasteiger partial charge in [0.2, 0.25) is 5.91 Å². The first-order valence-electron chi connectivity index (χ1n) is 6.46. The molecular formula is C16H16N4O. The standard InChI is InChI=1S/C16H16N4O/c1-20(15-8-3-2-5-12(15)10-17)11-16(21)19-14-7-4-6-13(18)9-14/h2-9H,11,18H2,1H3,(H,19,21). The van der Waals surface area contributed by atoms with Crippen molar-refractivity contribution in [1.82, 2.24) is 0 Å². The number of hydrogen-bond acceptors (Lipinski definition) is 4. The molecule has 2 aromatic rings. The van der Waals surface area contributed by atoms with Crippen molar-refractivity contribution in [1.29, 1.82) is 5.26 Å². The van der Waals surface area contributed by atoms with Crippen LogP contribution in [0.4, 0.5) is 17.1 Å². The van der Waals surface area contributed by atoms with E-state index >= 15 is 0 Å². The van der Waals surface area contributed by atoms with E-state index < -0.39 is 0 Å². The molecule has 2 rings (SSSR count). The SMILES string of the molecule is CN(CC(=O)Nc1cccc(N)c1)c1ccccc1C#N. The zero-order chi connectivity index (χ0) is 15.2. The molecule has 0 fully saturated rings. The molecule has 0 saturated heterocycles. The topological polar surface area (TPSA) is 82.2 Å². The minimum absolute atomic E-state index is 0.146. The number of nitrogens with two attached hydrogens (primary N) is 1. The Morgan fingerprint density at radius 3 is 2.76 bits per heavy atom. The van der Waals surface area contributed by atoms with Crippen molar-refractivity contribution >= 4 is 23.0 Å². The molecule has 3 N–H and O–H groups in total. The zero-order valence-corrected chi connectivity index (χ0v) is 11.7. The molecule has 5 heteroatoms. The van der Waals surface area contributed by atoms with E-state index in [1.165, 1.54) is 0 Å². The molecule has 0 saturated carbocycles. The van der Waals surface area contributed by atoms with Gasteiger partial charge < -0.3 is 16.0 Å². The van der Waals surface area contributed by atoms with Gasteiger partial charge in [-0.1, -0.05) is 18.2 Å². The van der Waals surface area contributed by atoms with Gasteiger partial charge in [-0.25, -0.2) is 0 Å². The predicted octanol–water partition coefficient (Wildman–Crippen LogP) is 2.22. The van der Waals surface area contributed by atoms with Gasteiger partial charge in [0, 0.05) is 18.4 Å². The minimum atomic E-state index is -0.171. The third-order valence-corrected chi connectivity index (χ3v) is 2.99. The van der Waals surface area contributed by atoms with Gasteiger partial charge in [-0.15, -0.1) is 0 Å². The number of nitrogens with one attached hydrogen (secondary N) is 1. The largest absolute Gasteiger partial charge is 0.399 e. The Morgan fingerprint density at radius 2 is 2.05 bits per heavy atom. The number of amides is 1. The molecule has 5 nitrogen and oxygen atoms in total. The van der Waals surface area contributed by atoms with E-state index in [-0.39, 0.29) is 12.5 Å². The molecule has 1 amide bonds. The number of likely N-dealkylation sites (N-methyl/N-ethyl adjacent to an activating group) is 1. The molecule has 0 atom stereocenters. The van der Waals surface area contributed by atoms with Crippen LogP contribution in [0.1, 0.15) is 5.56 Å². The van der Waals surface area contributed by atoms with Crippen molar-refractivity contribution in [3.05, 3.63) is 54.1 Å². The zero-order valence-electron chi connectivity index (χ0n) is 11.7. The van der Waals surface area contributed by atoms with Crippen LogP contribution in [-0.2, 0) is 4.79 Å². The molecule has 106 valence electrons. The third-order valence-electron chi connectivity index (χ3n) is 2.99. The maximum Gasteiger partial charge on any atom is 0.243 e. The lowest BCUT2D eigenvalue weighted by Gasteiger charge is -2.19. The molecule has 0 unspecified atom stereocenters. The number of nitrogens with zero attached hydrogens (tertiary/aromatic N) is 2. The molecule has 2 aromatic carbocycles. The summed E-state index contributed by atoms with van der Waals surface area (Å²) in [5.74, 6) is -0.171. The summed E-state index contributed by atoms with van der Waals surface area (Å²) in [6, 6.07) is 16.3. The summed E-state index contributed by atoms with van der Waals surface area (Å²) in [6.07, 6.45) is 0. The second-order valence-corrected chi connectivity index (χ2v) is 4.66. The summed E-state index contributed by atoms with van der Waals surface area (Å²) in [6.45, 7) is 0.146. The summed E-state index contributed by atoms with van der Waals surface area (Å²) in [5, 5.41) is 11.9. The van der Waals surface area contributed by atoms with Crippen LogP contribution in [0.2, 0.25) is 0 Å². The molecule has 0 aliphatic heterocycles. The number of para-hydroxylation sites is 1. The van der Waals surface area contributed by atoms with Gasteiger partial charge in [0.25, 0.3) is 0 Å². The molecule has 0 aliphatic rings. The van der Waals surface area contributed by atoms with Crippen molar-refractivity contribution in [3.8, 4) is 6.07 Å². The van der Waals surface area contributed by atoms with Crippen LogP contribution in [0, 0.1) is 11.3 Å². The van der Waals surface area contributed by atoms with Gasteiger partial charge in [-0.3, -0.25) is 4.79 Å². The van der Waals surface area contributed by atoms with Gasteiger partial charge in [-0.05, 0) is 30.3 Å². The van der Waals surface area contributed by atoms with Crippen molar-refractivity contribution in [3.63, 3.8) is 0 Å². The Bertz CT molecular complexity index is 691. The van der Waals surface area contributed by atoms with Crippen molar-refractivity contribution in [2.75, 3.05) is 29.5 Å². The lowest BCUT2D eigenvalue weighted by atomic mass is 10.2. The molecule has 0 bridgehead atoms. The number of anilines is 3. The summed E-state index contributed by atoms with van der Waals surface area (Å²) >= 11 is 0. The van der Waals surface area contributed by atoms with Gasteiger partial charge in [0.1, 0.15) is 6.07 Å². The van der Waals surface area contributed by atoms with Crippen LogP contribution in [0.15, 0.2) is 48.5 Å². The Balaban J connectivity index is 2.04. The first kappa shape index (κ1) is 14.4. The second-order valence-electron chi connectivity index (χ2n) is 4.66. The monoisotopic (exact) mass is 280 g/mol. The number of carbonyl (C=O) groups is 1. The van der Waals surface area contributed by atoms with Crippen LogP contribution < -0.4 is 16.0 Å². The Labute approximate surface area is 123 Å². The van der Waals surface area contributed by atoms with Crippen LogP contribution in [0.3, 0.4) is 0 Å². The summed E-state index contributed by atoms with van der Waals surface area (Å²) in [7, 11) is 1.77. The molecule has 0 spiro atoms. The Kier molecular flexibility index (Phi) is 4.42. The van der Waals surface area contributed by atoms with Gasteiger partial charge in [-0.2, -0.15) is 5.26 Å². The minimum Gasteiger partial charge on any atom is -0.399 e. The van der Waals surface area contributed by atoms with Crippen molar-refractivity contribution in [2.24, 2.45) is 0 Å². The van der Waals surface area contributed by atoms with Crippen LogP contribution in [0.5, 0.6) is 0 Å². The molecule has 21 heavy (non-hydrogen) atoms. The molecular weight excluding hydrogens is 264 g/mol. The third kappa shape index (κ3) is 3.74. The Hall–Kier alpha value is -3.00. The van der Waals surface area contributed by atoms with Crippen molar-refractivity contribution in [2.45, 2.75) is 0 Å². The number of carbonyl (C=O) groups excluding carboxylic acids is 1. The smallest absolute Gasteiger partial charge is 0.243 e. The lowest BCUT2D eigenvalue weighted by molar-refractivity contribution is -0.114. The van der Waals surface area contributed by atoms with E-state index in [4.69, 9.17) is 11.0 Å². The fourth-order valence-corrected chi connectivity index (χ4v) is 2.02. The number of benzene rings is 2. The number of hydrogen-bond donors (Lipinski definition) is 2. The first-order valence-corrected chi connectivity index (χ1v) is 6.46. The highest BCUT2D eigenvalue weighted by molar-refractivity contribution is 5.94. The highest BCUT2D eigenvalue weighted by Crippen LogP contribution is 2.18. The van der Waals surface area contributed by atoms with E-state index in [1.807, 2.05) is 12.1 Å². The van der Waals surface area contributed by atoms with Crippen LogP contribution in [0.25, 0.3) is 0 Å². The average molecular weight is 280 g/mol. The molecule has 0 aromatic heterocycles. The molecule has 0 aliphatic carbocycles. The number of rotatable bonds is 4. The maximum absolute atomic E-state index is 12.0. The van der Waals surface area contributed by atoms with E-state index in [0.717, 1.165) is 5.69 Å². The molecule has 0 heterocycles. The maximum atomic E-state index is 12.0. The summed E-state index contributed by atoms with van der Waals surface area (Å²) < 4.78 is 0. The van der Waals surface area contributed by atoms with E-state index in [1.54, 1.807) is 48.3 Å². The highest BCUT2D eigenvalue weighted by Gasteiger charge is 2.11.